The van der Waals surface area contributed by atoms with E-state index in [1.165, 1.54) is 32.3 Å². The lowest BCUT2D eigenvalue weighted by Gasteiger charge is -2.12. The monoisotopic (exact) mass is 685 g/mol. The Morgan fingerprint density at radius 2 is 0.981 bits per heavy atom. The number of aromatic amines is 1. The molecule has 8 heteroatoms. The first-order chi connectivity index (χ1) is 25.8. The molecular weight excluding hydrogens is 658 g/mol. The molecule has 1 unspecified atom stereocenters. The van der Waals surface area contributed by atoms with Crippen molar-refractivity contribution in [1.82, 2.24) is 34.1 Å². The van der Waals surface area contributed by atoms with Crippen LogP contribution in [-0.4, -0.2) is 34.1 Å². The van der Waals surface area contributed by atoms with Crippen LogP contribution in [0.3, 0.4) is 0 Å². The Hall–Kier alpha value is -6.69. The van der Waals surface area contributed by atoms with E-state index >= 15 is 0 Å². The Balaban J connectivity index is 1.04. The standard InChI is InChI=1S/C44H28N7P/c1-5-16-35-29(10-1)30-21-20-27(22-36(30)47-35)28-14-9-15-34-33-13-4-8-19-39(33)51(44(28)34)41-24-46-26-43(49-41)52-42-25-45-23-40(48-42)50-37-17-6-2-11-31(37)32-12-3-7-18-38(32)50/h1-26,47,52H. The van der Waals surface area contributed by atoms with Gasteiger partial charge in [-0.05, 0) is 44.5 Å². The second-order valence-corrected chi connectivity index (χ2v) is 14.3. The van der Waals surface area contributed by atoms with Crippen LogP contribution in [0.25, 0.3) is 88.2 Å². The fourth-order valence-electron chi connectivity index (χ4n) is 7.86. The zero-order valence-corrected chi connectivity index (χ0v) is 28.7. The molecule has 0 radical (unpaired) electrons. The Kier molecular flexibility index (Phi) is 6.39. The summed E-state index contributed by atoms with van der Waals surface area (Å²) in [7, 11) is 0.162. The molecule has 1 N–H and O–H groups in total. The molecule has 5 aromatic heterocycles. The predicted molar refractivity (Wildman–Crippen MR) is 215 cm³/mol. The van der Waals surface area contributed by atoms with Gasteiger partial charge in [-0.15, -0.1) is 0 Å². The molecular formula is C44H28N7P. The normalized spacial score (nSPS) is 12.2. The van der Waals surface area contributed by atoms with Gasteiger partial charge in [-0.2, -0.15) is 0 Å². The van der Waals surface area contributed by atoms with Gasteiger partial charge in [-0.3, -0.25) is 19.1 Å². The lowest BCUT2D eigenvalue weighted by Crippen LogP contribution is -2.15. The lowest BCUT2D eigenvalue weighted by molar-refractivity contribution is 1.06. The van der Waals surface area contributed by atoms with E-state index in [4.69, 9.17) is 15.0 Å². The van der Waals surface area contributed by atoms with E-state index in [1.807, 2.05) is 24.8 Å². The first-order valence-corrected chi connectivity index (χ1v) is 18.2. The van der Waals surface area contributed by atoms with Gasteiger partial charge in [0.1, 0.15) is 0 Å². The van der Waals surface area contributed by atoms with Crippen molar-refractivity contribution >= 4 is 84.9 Å². The molecule has 1 atom stereocenters. The van der Waals surface area contributed by atoms with Crippen molar-refractivity contribution in [1.29, 1.82) is 0 Å². The zero-order valence-electron chi connectivity index (χ0n) is 27.7. The topological polar surface area (TPSA) is 77.2 Å². The zero-order chi connectivity index (χ0) is 34.2. The highest BCUT2D eigenvalue weighted by Gasteiger charge is 2.19. The SMILES string of the molecule is c1ccc2c(c1)[nH]c1cc(-c3cccc4c5ccccc5n(-c5cncc(Pc6cncc(-n7c8ccccc8c8ccccc87)n6)n5)c34)ccc12. The van der Waals surface area contributed by atoms with Crippen molar-refractivity contribution < 1.29 is 0 Å². The number of para-hydroxylation sites is 5. The largest absolute Gasteiger partial charge is 0.354 e. The van der Waals surface area contributed by atoms with Gasteiger partial charge in [0.15, 0.2) is 11.6 Å². The van der Waals surface area contributed by atoms with Crippen LogP contribution >= 0.6 is 8.58 Å². The molecule has 0 fully saturated rings. The first kappa shape index (κ1) is 29.1. The Bertz CT molecular complexity index is 3140. The molecule has 0 saturated heterocycles. The summed E-state index contributed by atoms with van der Waals surface area (Å²) >= 11 is 0. The molecule has 0 bridgehead atoms. The van der Waals surface area contributed by atoms with Gasteiger partial charge >= 0.3 is 0 Å². The van der Waals surface area contributed by atoms with Gasteiger partial charge < -0.3 is 4.98 Å². The maximum absolute atomic E-state index is 5.25. The number of rotatable bonds is 5. The van der Waals surface area contributed by atoms with Gasteiger partial charge in [0.05, 0.1) is 57.7 Å². The molecule has 11 aromatic rings. The number of aromatic nitrogens is 7. The van der Waals surface area contributed by atoms with Crippen LogP contribution in [0.1, 0.15) is 0 Å². The fourth-order valence-corrected chi connectivity index (χ4v) is 8.74. The van der Waals surface area contributed by atoms with Crippen molar-refractivity contribution in [3.63, 3.8) is 0 Å². The molecule has 5 heterocycles. The minimum Gasteiger partial charge on any atom is -0.354 e. The number of nitrogens with one attached hydrogen (secondary N) is 1. The number of hydrogen-bond acceptors (Lipinski definition) is 4. The molecule has 52 heavy (non-hydrogen) atoms. The average Bonchev–Trinajstić information content (AvgIpc) is 3.86. The smallest absolute Gasteiger partial charge is 0.156 e. The van der Waals surface area contributed by atoms with Crippen LogP contribution in [0.4, 0.5) is 0 Å². The quantitative estimate of drug-likeness (QED) is 0.183. The van der Waals surface area contributed by atoms with Crippen molar-refractivity contribution in [3.8, 4) is 22.8 Å². The van der Waals surface area contributed by atoms with Crippen LogP contribution in [0.15, 0.2) is 158 Å². The van der Waals surface area contributed by atoms with Crippen LogP contribution < -0.4 is 10.9 Å². The van der Waals surface area contributed by atoms with Gasteiger partial charge in [0, 0.05) is 48.9 Å². The fraction of sp³-hybridized carbons (Fsp3) is 0. The lowest BCUT2D eigenvalue weighted by atomic mass is 10.0. The summed E-state index contributed by atoms with van der Waals surface area (Å²) in [5, 5.41) is 7.18. The number of benzene rings is 6. The second kappa shape index (κ2) is 11.4. The maximum Gasteiger partial charge on any atom is 0.156 e. The molecule has 0 spiro atoms. The summed E-state index contributed by atoms with van der Waals surface area (Å²) in [5.74, 6) is 1.55. The highest BCUT2D eigenvalue weighted by Crippen LogP contribution is 2.39. The summed E-state index contributed by atoms with van der Waals surface area (Å²) in [6, 6.07) is 47.2. The van der Waals surface area contributed by atoms with Gasteiger partial charge in [-0.25, -0.2) is 9.97 Å². The Morgan fingerprint density at radius 1 is 0.442 bits per heavy atom. The van der Waals surface area contributed by atoms with E-state index < -0.39 is 0 Å². The van der Waals surface area contributed by atoms with Gasteiger partial charge in [0.2, 0.25) is 0 Å². The minimum atomic E-state index is 0.162. The molecule has 0 amide bonds. The van der Waals surface area contributed by atoms with E-state index in [2.05, 4.69) is 153 Å². The summed E-state index contributed by atoms with van der Waals surface area (Å²) < 4.78 is 4.46. The molecule has 244 valence electrons. The molecule has 11 rings (SSSR count). The number of H-pyrrole nitrogens is 1. The van der Waals surface area contributed by atoms with E-state index in [0.717, 1.165) is 66.7 Å². The van der Waals surface area contributed by atoms with Crippen LogP contribution in [0.5, 0.6) is 0 Å². The van der Waals surface area contributed by atoms with E-state index in [0.29, 0.717) is 0 Å². The van der Waals surface area contributed by atoms with E-state index in [1.54, 1.807) is 0 Å². The molecule has 0 aliphatic carbocycles. The third-order valence-electron chi connectivity index (χ3n) is 10.0. The number of fused-ring (bicyclic) bond motifs is 9. The summed E-state index contributed by atoms with van der Waals surface area (Å²) in [4.78, 5) is 23.4. The summed E-state index contributed by atoms with van der Waals surface area (Å²) in [6.45, 7) is 0. The van der Waals surface area contributed by atoms with Crippen LogP contribution in [0.2, 0.25) is 0 Å². The van der Waals surface area contributed by atoms with Gasteiger partial charge in [0.25, 0.3) is 0 Å². The average molecular weight is 686 g/mol. The molecule has 7 nitrogen and oxygen atoms in total. The molecule has 0 aliphatic heterocycles. The third kappa shape index (κ3) is 4.43. The van der Waals surface area contributed by atoms with Crippen molar-refractivity contribution in [2.24, 2.45) is 0 Å². The third-order valence-corrected chi connectivity index (χ3v) is 11.0. The molecule has 0 saturated carbocycles. The predicted octanol–water partition coefficient (Wildman–Crippen LogP) is 9.39. The van der Waals surface area contributed by atoms with Crippen molar-refractivity contribution in [3.05, 3.63) is 158 Å². The minimum absolute atomic E-state index is 0.162. The molecule has 0 aliphatic rings. The number of hydrogen-bond donors (Lipinski definition) is 1. The molecule has 6 aromatic carbocycles. The van der Waals surface area contributed by atoms with Crippen molar-refractivity contribution in [2.75, 3.05) is 0 Å². The van der Waals surface area contributed by atoms with Crippen molar-refractivity contribution in [2.45, 2.75) is 0 Å². The van der Waals surface area contributed by atoms with Crippen LogP contribution in [-0.2, 0) is 0 Å². The van der Waals surface area contributed by atoms with E-state index in [-0.39, 0.29) is 8.58 Å². The Labute approximate surface area is 299 Å². The summed E-state index contributed by atoms with van der Waals surface area (Å²) in [5.41, 5.74) is 10.6. The highest BCUT2D eigenvalue weighted by atomic mass is 31.1. The van der Waals surface area contributed by atoms with Crippen LogP contribution in [0, 0.1) is 0 Å². The van der Waals surface area contributed by atoms with E-state index in [9.17, 15) is 0 Å². The first-order valence-electron chi connectivity index (χ1n) is 17.2. The second-order valence-electron chi connectivity index (χ2n) is 13.0. The summed E-state index contributed by atoms with van der Waals surface area (Å²) in [6.07, 6.45) is 7.37. The number of nitrogens with zero attached hydrogens (tertiary/aromatic N) is 6. The Morgan fingerprint density at radius 3 is 1.67 bits per heavy atom. The highest BCUT2D eigenvalue weighted by molar-refractivity contribution is 7.54. The maximum atomic E-state index is 5.25. The van der Waals surface area contributed by atoms with Gasteiger partial charge in [-0.1, -0.05) is 103 Å².